The minimum absolute atomic E-state index is 0.0663. The number of carbonyl (C=O) groups excluding carboxylic acids is 1. The molecule has 0 aliphatic carbocycles. The van der Waals surface area contributed by atoms with Gasteiger partial charge in [0.2, 0.25) is 0 Å². The summed E-state index contributed by atoms with van der Waals surface area (Å²) < 4.78 is 49.9. The molecule has 1 aliphatic rings. The summed E-state index contributed by atoms with van der Waals surface area (Å²) in [6.07, 6.45) is -4.23. The molecule has 0 unspecified atom stereocenters. The molecule has 0 spiro atoms. The van der Waals surface area contributed by atoms with Gasteiger partial charge in [-0.1, -0.05) is 0 Å². The van der Waals surface area contributed by atoms with E-state index in [1.54, 1.807) is 0 Å². The molecule has 1 saturated heterocycles. The van der Waals surface area contributed by atoms with Crippen molar-refractivity contribution in [3.8, 4) is 0 Å². The Bertz CT molecular complexity index is 527. The Labute approximate surface area is 124 Å². The fourth-order valence-corrected chi connectivity index (χ4v) is 2.40. The van der Waals surface area contributed by atoms with Crippen molar-refractivity contribution in [1.29, 1.82) is 0 Å². The molecule has 0 N–H and O–H groups in total. The van der Waals surface area contributed by atoms with E-state index in [1.807, 2.05) is 0 Å². The van der Waals surface area contributed by atoms with Crippen molar-refractivity contribution >= 4 is 18.5 Å². The molecule has 1 fully saturated rings. The highest BCUT2D eigenvalue weighted by atomic mass is 32.1. The molecule has 2 rings (SSSR count). The number of hydrogen-bond donors (Lipinski definition) is 1. The second-order valence-corrected chi connectivity index (χ2v) is 5.33. The number of carbonyl (C=O) groups is 1. The van der Waals surface area contributed by atoms with Crippen molar-refractivity contribution in [3.63, 3.8) is 0 Å². The first-order chi connectivity index (χ1) is 9.76. The molecular weight excluding hydrogens is 308 g/mol. The number of amides is 1. The summed E-state index contributed by atoms with van der Waals surface area (Å²) in [6, 6.07) is 3.82. The lowest BCUT2D eigenvalue weighted by molar-refractivity contribution is -0.148. The Kier molecular flexibility index (Phi) is 4.77. The SMILES string of the molecule is O=C(c1ccc(F)c(S)c1)N1CCN(CC(F)(F)F)CC1. The van der Waals surface area contributed by atoms with E-state index in [0.717, 1.165) is 6.07 Å². The van der Waals surface area contributed by atoms with E-state index in [2.05, 4.69) is 12.6 Å². The van der Waals surface area contributed by atoms with Gasteiger partial charge in [-0.2, -0.15) is 13.2 Å². The Morgan fingerprint density at radius 1 is 1.19 bits per heavy atom. The number of nitrogens with zero attached hydrogens (tertiary/aromatic N) is 2. The van der Waals surface area contributed by atoms with Gasteiger partial charge in [-0.05, 0) is 18.2 Å². The average molecular weight is 322 g/mol. The summed E-state index contributed by atoms with van der Waals surface area (Å²) in [6.45, 7) is -0.199. The molecule has 0 radical (unpaired) electrons. The first-order valence-corrected chi connectivity index (χ1v) is 6.78. The van der Waals surface area contributed by atoms with Gasteiger partial charge in [-0.25, -0.2) is 4.39 Å². The highest BCUT2D eigenvalue weighted by Gasteiger charge is 2.33. The minimum atomic E-state index is -4.23. The Balaban J connectivity index is 1.95. The van der Waals surface area contributed by atoms with E-state index in [9.17, 15) is 22.4 Å². The first kappa shape index (κ1) is 16.1. The number of halogens is 4. The van der Waals surface area contributed by atoms with Crippen LogP contribution in [0.25, 0.3) is 0 Å². The Morgan fingerprint density at radius 3 is 2.33 bits per heavy atom. The summed E-state index contributed by atoms with van der Waals surface area (Å²) in [4.78, 5) is 15.0. The van der Waals surface area contributed by atoms with Crippen molar-refractivity contribution in [2.24, 2.45) is 0 Å². The number of rotatable bonds is 2. The second kappa shape index (κ2) is 6.23. The lowest BCUT2D eigenvalue weighted by Gasteiger charge is -2.35. The van der Waals surface area contributed by atoms with Crippen LogP contribution in [-0.4, -0.2) is 54.6 Å². The van der Waals surface area contributed by atoms with Crippen LogP contribution in [0.4, 0.5) is 17.6 Å². The molecule has 0 saturated carbocycles. The number of benzene rings is 1. The molecular formula is C13H14F4N2OS. The third-order valence-electron chi connectivity index (χ3n) is 3.26. The molecule has 116 valence electrons. The average Bonchev–Trinajstić information content (AvgIpc) is 2.40. The molecule has 1 heterocycles. The van der Waals surface area contributed by atoms with Gasteiger partial charge < -0.3 is 4.90 Å². The predicted octanol–water partition coefficient (Wildman–Crippen LogP) is 2.43. The molecule has 1 aromatic carbocycles. The van der Waals surface area contributed by atoms with Crippen LogP contribution in [0.2, 0.25) is 0 Å². The number of alkyl halides is 3. The zero-order valence-corrected chi connectivity index (χ0v) is 11.9. The second-order valence-electron chi connectivity index (χ2n) is 4.85. The van der Waals surface area contributed by atoms with Gasteiger partial charge in [0.25, 0.3) is 5.91 Å². The van der Waals surface area contributed by atoms with Crippen LogP contribution in [0.1, 0.15) is 10.4 Å². The summed E-state index contributed by atoms with van der Waals surface area (Å²) in [5.74, 6) is -0.846. The standard InChI is InChI=1S/C13H14F4N2OS/c14-10-2-1-9(7-11(10)21)12(20)19-5-3-18(4-6-19)8-13(15,16)17/h1-2,7,21H,3-6,8H2. The fourth-order valence-electron chi connectivity index (χ4n) is 2.19. The maximum Gasteiger partial charge on any atom is 0.401 e. The van der Waals surface area contributed by atoms with Crippen LogP contribution >= 0.6 is 12.6 Å². The van der Waals surface area contributed by atoms with E-state index in [0.29, 0.717) is 0 Å². The van der Waals surface area contributed by atoms with Crippen LogP contribution in [-0.2, 0) is 0 Å². The van der Waals surface area contributed by atoms with E-state index in [1.165, 1.54) is 21.9 Å². The molecule has 1 aliphatic heterocycles. The third kappa shape index (κ3) is 4.34. The van der Waals surface area contributed by atoms with Gasteiger partial charge in [-0.3, -0.25) is 9.69 Å². The van der Waals surface area contributed by atoms with E-state index in [4.69, 9.17) is 0 Å². The molecule has 3 nitrogen and oxygen atoms in total. The van der Waals surface area contributed by atoms with Gasteiger partial charge in [0.1, 0.15) is 5.82 Å². The largest absolute Gasteiger partial charge is 0.401 e. The quantitative estimate of drug-likeness (QED) is 0.668. The van der Waals surface area contributed by atoms with Crippen molar-refractivity contribution in [2.75, 3.05) is 32.7 Å². The summed E-state index contributed by atoms with van der Waals surface area (Å²) in [5, 5.41) is 0. The molecule has 1 aromatic rings. The van der Waals surface area contributed by atoms with Gasteiger partial charge in [0, 0.05) is 36.6 Å². The monoisotopic (exact) mass is 322 g/mol. The van der Waals surface area contributed by atoms with Crippen molar-refractivity contribution in [3.05, 3.63) is 29.6 Å². The maximum atomic E-state index is 13.1. The van der Waals surface area contributed by atoms with Crippen molar-refractivity contribution < 1.29 is 22.4 Å². The van der Waals surface area contributed by atoms with Crippen molar-refractivity contribution in [1.82, 2.24) is 9.80 Å². The minimum Gasteiger partial charge on any atom is -0.336 e. The summed E-state index contributed by atoms with van der Waals surface area (Å²) in [5.41, 5.74) is 0.283. The van der Waals surface area contributed by atoms with Gasteiger partial charge in [0.05, 0.1) is 6.54 Å². The summed E-state index contributed by atoms with van der Waals surface area (Å²) >= 11 is 3.91. The van der Waals surface area contributed by atoms with Gasteiger partial charge >= 0.3 is 6.18 Å². The smallest absolute Gasteiger partial charge is 0.336 e. The highest BCUT2D eigenvalue weighted by Crippen LogP contribution is 2.19. The topological polar surface area (TPSA) is 23.6 Å². The molecule has 1 amide bonds. The number of hydrogen-bond acceptors (Lipinski definition) is 3. The van der Waals surface area contributed by atoms with E-state index < -0.39 is 18.5 Å². The van der Waals surface area contributed by atoms with Gasteiger partial charge in [0.15, 0.2) is 0 Å². The number of piperazine rings is 1. The van der Waals surface area contributed by atoms with E-state index >= 15 is 0 Å². The zero-order chi connectivity index (χ0) is 15.6. The Morgan fingerprint density at radius 2 is 1.81 bits per heavy atom. The molecule has 21 heavy (non-hydrogen) atoms. The van der Waals surface area contributed by atoms with Crippen LogP contribution in [0.5, 0.6) is 0 Å². The lowest BCUT2D eigenvalue weighted by Crippen LogP contribution is -2.50. The molecule has 0 bridgehead atoms. The van der Waals surface area contributed by atoms with Crippen molar-refractivity contribution in [2.45, 2.75) is 11.1 Å². The third-order valence-corrected chi connectivity index (χ3v) is 3.60. The highest BCUT2D eigenvalue weighted by molar-refractivity contribution is 7.80. The van der Waals surface area contributed by atoms with Crippen LogP contribution < -0.4 is 0 Å². The van der Waals surface area contributed by atoms with Crippen LogP contribution in [0.15, 0.2) is 23.1 Å². The molecule has 0 atom stereocenters. The number of thiol groups is 1. The maximum absolute atomic E-state index is 13.1. The van der Waals surface area contributed by atoms with Crippen LogP contribution in [0, 0.1) is 5.82 Å². The first-order valence-electron chi connectivity index (χ1n) is 6.33. The lowest BCUT2D eigenvalue weighted by atomic mass is 10.1. The molecule has 8 heteroatoms. The Hall–Kier alpha value is -1.28. The zero-order valence-electron chi connectivity index (χ0n) is 11.0. The summed E-state index contributed by atoms with van der Waals surface area (Å²) in [7, 11) is 0. The predicted molar refractivity (Wildman–Crippen MR) is 72.1 cm³/mol. The van der Waals surface area contributed by atoms with Gasteiger partial charge in [-0.15, -0.1) is 12.6 Å². The normalized spacial score (nSPS) is 17.1. The van der Waals surface area contributed by atoms with Crippen LogP contribution in [0.3, 0.4) is 0 Å². The fraction of sp³-hybridized carbons (Fsp3) is 0.462. The molecule has 0 aromatic heterocycles. The van der Waals surface area contributed by atoms with E-state index in [-0.39, 0.29) is 42.5 Å².